The van der Waals surface area contributed by atoms with Crippen LogP contribution in [0.3, 0.4) is 0 Å². The first-order valence-electron chi connectivity index (χ1n) is 10.9. The van der Waals surface area contributed by atoms with Gasteiger partial charge in [0.25, 0.3) is 0 Å². The van der Waals surface area contributed by atoms with Gasteiger partial charge in [-0.05, 0) is 18.2 Å². The second-order valence-corrected chi connectivity index (χ2v) is 9.20. The molecule has 4 nitrogen and oxygen atoms in total. The van der Waals surface area contributed by atoms with Gasteiger partial charge in [0.1, 0.15) is 11.4 Å². The number of alkyl halides is 15. The highest BCUT2D eigenvalue weighted by Crippen LogP contribution is 2.62. The van der Waals surface area contributed by atoms with Crippen LogP contribution in [0.25, 0.3) is 10.9 Å². The maximum atomic E-state index is 15.2. The van der Waals surface area contributed by atoms with E-state index in [2.05, 4.69) is 4.98 Å². The number of hydrogen-bond donors (Lipinski definition) is 1. The number of nitrogens with one attached hydrogen (secondary N) is 1. The molecular weight excluding hydrogens is 676 g/mol. The monoisotopic (exact) mass is 684 g/mol. The van der Waals surface area contributed by atoms with Gasteiger partial charge < -0.3 is 4.98 Å². The summed E-state index contributed by atoms with van der Waals surface area (Å²) >= 11 is 5.70. The number of aromatic nitrogens is 1. The van der Waals surface area contributed by atoms with E-state index in [1.807, 2.05) is 0 Å². The van der Waals surface area contributed by atoms with Crippen LogP contribution in [-0.4, -0.2) is 58.4 Å². The second kappa shape index (κ2) is 10.4. The molecule has 0 fully saturated rings. The summed E-state index contributed by atoms with van der Waals surface area (Å²) in [4.78, 5) is 27.2. The van der Waals surface area contributed by atoms with Gasteiger partial charge in [-0.15, -0.1) is 5.12 Å². The Morgan fingerprint density at radius 1 is 0.659 bits per heavy atom. The molecule has 0 spiro atoms. The summed E-state index contributed by atoms with van der Waals surface area (Å²) in [6, 6.07) is 8.07. The van der Waals surface area contributed by atoms with E-state index in [0.29, 0.717) is 6.07 Å². The molecule has 1 N–H and O–H groups in total. The van der Waals surface area contributed by atoms with Crippen molar-refractivity contribution in [3.63, 3.8) is 0 Å². The predicted octanol–water partition coefficient (Wildman–Crippen LogP) is 8.64. The van der Waals surface area contributed by atoms with Crippen molar-refractivity contribution in [2.24, 2.45) is 0 Å². The summed E-state index contributed by atoms with van der Waals surface area (Å²) in [6.45, 7) is 0. The topological polar surface area (TPSA) is 53.2 Å². The lowest BCUT2D eigenvalue weighted by Gasteiger charge is -2.41. The smallest absolute Gasteiger partial charge is 0.350 e. The number of aromatic amines is 1. The van der Waals surface area contributed by atoms with E-state index in [1.54, 1.807) is 0 Å². The Hall–Kier alpha value is -3.71. The van der Waals surface area contributed by atoms with Crippen LogP contribution in [0, 0.1) is 0 Å². The van der Waals surface area contributed by atoms with E-state index in [4.69, 9.17) is 11.6 Å². The average Bonchev–Trinajstić information content (AvgIpc) is 3.29. The van der Waals surface area contributed by atoms with Crippen LogP contribution in [-0.2, 0) is 4.79 Å². The molecule has 0 atom stereocenters. The first-order chi connectivity index (χ1) is 19.7. The lowest BCUT2D eigenvalue weighted by Crippen LogP contribution is -2.73. The van der Waals surface area contributed by atoms with E-state index in [9.17, 15) is 75.4 Å². The van der Waals surface area contributed by atoms with Crippen LogP contribution in [0.2, 0.25) is 5.02 Å². The molecule has 21 heteroatoms. The molecule has 0 radical (unpaired) electrons. The predicted molar refractivity (Wildman–Crippen MR) is 118 cm³/mol. The van der Waals surface area contributed by atoms with Crippen LogP contribution >= 0.6 is 11.6 Å². The fourth-order valence-electron chi connectivity index (χ4n) is 3.58. The molecule has 44 heavy (non-hydrogen) atoms. The van der Waals surface area contributed by atoms with E-state index in [0.717, 1.165) is 24.3 Å². The lowest BCUT2D eigenvalue weighted by molar-refractivity contribution is -0.449. The minimum atomic E-state index is -8.68. The number of halogens is 17. The molecule has 0 unspecified atom stereocenters. The lowest BCUT2D eigenvalue weighted by atomic mass is 9.90. The van der Waals surface area contributed by atoms with Crippen LogP contribution < -0.4 is 5.12 Å². The van der Waals surface area contributed by atoms with Crippen molar-refractivity contribution < 1.29 is 79.9 Å². The molecule has 0 saturated heterocycles. The number of amides is 1. The molecule has 0 aliphatic rings. The Morgan fingerprint density at radius 3 is 1.64 bits per heavy atom. The molecule has 242 valence electrons. The standard InChI is InChI=1S/C23H9ClF16N2O2/c24-10-6-7-11-12(8-10)41-13(15(43)9-4-2-1-3-5-9)14(11)42(40)16(44)17(25,26)18(27,28)19(29,30)20(31,32)21(33,34)22(35,36)23(37,38)39/h1-8,41H. The normalized spacial score (nSPS) is 14.2. The Balaban J connectivity index is 2.17. The number of hydrogen-bond acceptors (Lipinski definition) is 2. The first-order valence-corrected chi connectivity index (χ1v) is 11.3. The van der Waals surface area contributed by atoms with Crippen molar-refractivity contribution in [2.75, 3.05) is 5.12 Å². The number of carbonyl (C=O) groups excluding carboxylic acids is 2. The zero-order valence-corrected chi connectivity index (χ0v) is 21.1. The van der Waals surface area contributed by atoms with E-state index in [-0.39, 0.29) is 5.02 Å². The number of nitrogens with zero attached hydrogens (tertiary/aromatic N) is 1. The molecule has 3 rings (SSSR count). The van der Waals surface area contributed by atoms with Crippen molar-refractivity contribution >= 4 is 39.9 Å². The molecule has 0 saturated carbocycles. The zero-order valence-electron chi connectivity index (χ0n) is 20.3. The fourth-order valence-corrected chi connectivity index (χ4v) is 3.75. The minimum absolute atomic E-state index is 0.226. The van der Waals surface area contributed by atoms with E-state index in [1.165, 1.54) is 18.2 Å². The largest absolute Gasteiger partial charge is 0.460 e. The van der Waals surface area contributed by atoms with E-state index >= 15 is 4.48 Å². The van der Waals surface area contributed by atoms with Crippen LogP contribution in [0.5, 0.6) is 0 Å². The fraction of sp³-hybridized carbons (Fsp3) is 0.304. The summed E-state index contributed by atoms with van der Waals surface area (Å²) in [5.74, 6) is -55.7. The molecule has 1 aromatic heterocycles. The summed E-state index contributed by atoms with van der Waals surface area (Å²) in [7, 11) is 0. The number of carbonyl (C=O) groups is 2. The first kappa shape index (κ1) is 34.8. The van der Waals surface area contributed by atoms with Crippen LogP contribution in [0.1, 0.15) is 16.1 Å². The Kier molecular flexibility index (Phi) is 8.25. The zero-order chi connectivity index (χ0) is 34.1. The van der Waals surface area contributed by atoms with Gasteiger partial charge >= 0.3 is 47.6 Å². The minimum Gasteiger partial charge on any atom is -0.350 e. The van der Waals surface area contributed by atoms with Gasteiger partial charge in [0.15, 0.2) is 0 Å². The van der Waals surface area contributed by atoms with Gasteiger partial charge in [-0.25, -0.2) is 0 Å². The molecule has 0 bridgehead atoms. The Bertz CT molecular complexity index is 1580. The van der Waals surface area contributed by atoms with Crippen molar-refractivity contribution in [3.05, 3.63) is 64.8 Å². The summed E-state index contributed by atoms with van der Waals surface area (Å²) in [5, 5.41) is -3.21. The number of fused-ring (bicyclic) bond motifs is 1. The molecule has 3 aromatic rings. The average molecular weight is 685 g/mol. The van der Waals surface area contributed by atoms with Gasteiger partial charge in [-0.3, -0.25) is 9.59 Å². The van der Waals surface area contributed by atoms with Gasteiger partial charge in [-0.2, -0.15) is 65.9 Å². The van der Waals surface area contributed by atoms with Crippen LogP contribution in [0.4, 0.5) is 76.0 Å². The summed E-state index contributed by atoms with van der Waals surface area (Å²) in [6.07, 6.45) is -7.82. The number of anilines is 1. The maximum absolute atomic E-state index is 15.2. The van der Waals surface area contributed by atoms with Crippen molar-refractivity contribution in [1.82, 2.24) is 4.98 Å². The molecule has 2 aromatic carbocycles. The van der Waals surface area contributed by atoms with Crippen molar-refractivity contribution in [1.29, 1.82) is 0 Å². The third kappa shape index (κ3) is 4.80. The molecule has 0 aliphatic carbocycles. The molecular formula is C23H9ClF16N2O2. The van der Waals surface area contributed by atoms with Gasteiger partial charge in [0.2, 0.25) is 5.78 Å². The highest BCUT2D eigenvalue weighted by atomic mass is 35.5. The Morgan fingerprint density at radius 2 is 1.14 bits per heavy atom. The van der Waals surface area contributed by atoms with Crippen LogP contribution in [0.15, 0.2) is 48.5 Å². The summed E-state index contributed by atoms with van der Waals surface area (Å²) in [5.41, 5.74) is -3.93. The van der Waals surface area contributed by atoms with Gasteiger partial charge in [0.05, 0.1) is 0 Å². The van der Waals surface area contributed by atoms with Crippen molar-refractivity contribution in [3.8, 4) is 0 Å². The Labute approximate surface area is 237 Å². The third-order valence-electron chi connectivity index (χ3n) is 5.97. The summed E-state index contributed by atoms with van der Waals surface area (Å²) < 4.78 is 218. The SMILES string of the molecule is O=C(c1ccccc1)c1[nH]c2cc(Cl)ccc2c1N(F)C(=O)C(F)(F)C(F)(F)C(F)(F)C(F)(F)C(F)(F)C(F)(F)C(F)(F)F. The second-order valence-electron chi connectivity index (χ2n) is 8.76. The molecule has 0 aliphatic heterocycles. The number of rotatable bonds is 9. The number of benzene rings is 2. The third-order valence-corrected chi connectivity index (χ3v) is 6.20. The van der Waals surface area contributed by atoms with E-state index < -0.39 is 86.4 Å². The van der Waals surface area contributed by atoms with Gasteiger partial charge in [-0.1, -0.05) is 46.4 Å². The quantitative estimate of drug-likeness (QED) is 0.139. The highest BCUT2D eigenvalue weighted by molar-refractivity contribution is 6.31. The van der Waals surface area contributed by atoms with Gasteiger partial charge in [0, 0.05) is 21.5 Å². The molecule has 1 heterocycles. The molecule has 1 amide bonds. The number of H-pyrrole nitrogens is 1. The number of ketones is 1. The maximum Gasteiger partial charge on any atom is 0.460 e. The highest BCUT2D eigenvalue weighted by Gasteiger charge is 2.94. The van der Waals surface area contributed by atoms with Crippen molar-refractivity contribution in [2.45, 2.75) is 41.7 Å².